The molecule has 4 heterocycles. The Hall–Kier alpha value is -3.32. The van der Waals surface area contributed by atoms with Gasteiger partial charge in [0.1, 0.15) is 18.6 Å². The maximum absolute atomic E-state index is 14.3. The maximum atomic E-state index is 14.3. The van der Waals surface area contributed by atoms with E-state index in [1.54, 1.807) is 9.80 Å². The van der Waals surface area contributed by atoms with Gasteiger partial charge in [0.2, 0.25) is 17.5 Å². The predicted octanol–water partition coefficient (Wildman–Crippen LogP) is -0.0489. The third-order valence-electron chi connectivity index (χ3n) is 8.28. The molecule has 1 aliphatic carbocycles. The van der Waals surface area contributed by atoms with Crippen molar-refractivity contribution in [1.29, 1.82) is 0 Å². The van der Waals surface area contributed by atoms with Crippen molar-refractivity contribution < 1.29 is 42.9 Å². The Bertz CT molecular complexity index is 1230. The van der Waals surface area contributed by atoms with E-state index in [2.05, 4.69) is 0 Å². The summed E-state index contributed by atoms with van der Waals surface area (Å²) >= 11 is 0. The third kappa shape index (κ3) is 3.30. The number of ether oxygens (including phenoxy) is 5. The van der Waals surface area contributed by atoms with Crippen LogP contribution in [0.25, 0.3) is 0 Å². The number of hydrogen-bond donors (Lipinski definition) is 1. The molecule has 0 saturated carbocycles. The third-order valence-corrected chi connectivity index (χ3v) is 8.28. The second-order valence-electron chi connectivity index (χ2n) is 10.1. The lowest BCUT2D eigenvalue weighted by Crippen LogP contribution is -2.57. The fourth-order valence-electron chi connectivity index (χ4n) is 6.81. The van der Waals surface area contributed by atoms with Gasteiger partial charge in [0, 0.05) is 26.2 Å². The van der Waals surface area contributed by atoms with Crippen molar-refractivity contribution in [2.24, 2.45) is 17.6 Å². The molecule has 12 heteroatoms. The summed E-state index contributed by atoms with van der Waals surface area (Å²) in [5, 5.41) is 0. The standard InChI is InChI=1S/C26H29N3O9/c1-14(30)29-18-10-28-20-19(16(13-36-24(27)33)25(28,34-2)22(18)29)23(32)26(37-8-9-38-26)17(21(20)31)12-35-11-15-6-4-3-5-7-15/h3-7,16-18,22H,8-13H2,1-2H3,(H2,27,33)/t16-,17?,18+,22+,25-,29?/m1/s1. The van der Waals surface area contributed by atoms with Gasteiger partial charge in [-0.25, -0.2) is 4.79 Å². The summed E-state index contributed by atoms with van der Waals surface area (Å²) in [6, 6.07) is 8.82. The van der Waals surface area contributed by atoms with Crippen LogP contribution in [0.15, 0.2) is 41.6 Å². The molecule has 1 unspecified atom stereocenters. The number of piperazine rings is 1. The lowest BCUT2D eigenvalue weighted by molar-refractivity contribution is -0.206. The first kappa shape index (κ1) is 25.0. The van der Waals surface area contributed by atoms with Gasteiger partial charge < -0.3 is 39.2 Å². The molecule has 202 valence electrons. The van der Waals surface area contributed by atoms with Crippen molar-refractivity contribution in [2.75, 3.05) is 40.1 Å². The molecule has 12 nitrogen and oxygen atoms in total. The predicted molar refractivity (Wildman–Crippen MR) is 127 cm³/mol. The number of amides is 2. The van der Waals surface area contributed by atoms with Crippen LogP contribution in [-0.4, -0.2) is 97.0 Å². The van der Waals surface area contributed by atoms with Gasteiger partial charge in [0.05, 0.1) is 44.1 Å². The smallest absolute Gasteiger partial charge is 0.404 e. The quantitative estimate of drug-likeness (QED) is 0.479. The summed E-state index contributed by atoms with van der Waals surface area (Å²) in [6.07, 6.45) is -1.03. The van der Waals surface area contributed by atoms with Crippen molar-refractivity contribution in [1.82, 2.24) is 9.80 Å². The molecule has 5 atom stereocenters. The molecule has 1 spiro atoms. The molecule has 5 aliphatic rings. The minimum atomic E-state index is -1.87. The summed E-state index contributed by atoms with van der Waals surface area (Å²) in [5.74, 6) is -4.90. The fraction of sp³-hybridized carbons (Fsp3) is 0.538. The zero-order chi connectivity index (χ0) is 26.8. The van der Waals surface area contributed by atoms with Gasteiger partial charge in [-0.2, -0.15) is 0 Å². The minimum absolute atomic E-state index is 0.105. The maximum Gasteiger partial charge on any atom is 0.404 e. The van der Waals surface area contributed by atoms with Gasteiger partial charge in [-0.15, -0.1) is 0 Å². The molecule has 6 rings (SSSR count). The average Bonchev–Trinajstić information content (AvgIpc) is 3.18. The Morgan fingerprint density at radius 3 is 2.45 bits per heavy atom. The molecule has 0 radical (unpaired) electrons. The zero-order valence-electron chi connectivity index (χ0n) is 21.1. The molecule has 3 saturated heterocycles. The normalized spacial score (nSPS) is 32.5. The lowest BCUT2D eigenvalue weighted by Gasteiger charge is -2.41. The lowest BCUT2D eigenvalue weighted by atomic mass is 9.75. The zero-order valence-corrected chi connectivity index (χ0v) is 21.1. The van der Waals surface area contributed by atoms with Crippen LogP contribution in [0.3, 0.4) is 0 Å². The van der Waals surface area contributed by atoms with E-state index in [0.717, 1.165) is 5.56 Å². The first-order chi connectivity index (χ1) is 18.3. The van der Waals surface area contributed by atoms with Crippen LogP contribution in [-0.2, 0) is 44.7 Å². The van der Waals surface area contributed by atoms with Gasteiger partial charge >= 0.3 is 6.09 Å². The van der Waals surface area contributed by atoms with E-state index < -0.39 is 41.3 Å². The van der Waals surface area contributed by atoms with E-state index in [1.165, 1.54) is 14.0 Å². The first-order valence-corrected chi connectivity index (χ1v) is 12.5. The Morgan fingerprint density at radius 2 is 1.82 bits per heavy atom. The number of hydrogen-bond acceptors (Lipinski definition) is 10. The van der Waals surface area contributed by atoms with Gasteiger partial charge in [-0.1, -0.05) is 30.3 Å². The van der Waals surface area contributed by atoms with Crippen LogP contribution in [0, 0.1) is 11.8 Å². The SMILES string of the molecule is CO[C@@]12[C@H](COC(N)=O)C3=C(C(=O)C(COCc4ccccc4)C4(OCCO4)C3=O)N1C[C@H]1[C@@H]2N1C(C)=O. The largest absolute Gasteiger partial charge is 0.449 e. The van der Waals surface area contributed by atoms with E-state index >= 15 is 0 Å². The molecule has 2 amide bonds. The number of methoxy groups -OCH3 is 1. The molecule has 1 aromatic rings. The number of rotatable bonds is 7. The Balaban J connectivity index is 1.39. The monoisotopic (exact) mass is 527 g/mol. The molecule has 0 aromatic heterocycles. The van der Waals surface area contributed by atoms with Crippen molar-refractivity contribution in [3.8, 4) is 0 Å². The summed E-state index contributed by atoms with van der Waals surface area (Å²) < 4.78 is 28.9. The molecule has 3 fully saturated rings. The number of carbonyl (C=O) groups excluding carboxylic acids is 4. The summed E-state index contributed by atoms with van der Waals surface area (Å²) in [4.78, 5) is 55.8. The fourth-order valence-corrected chi connectivity index (χ4v) is 6.81. The van der Waals surface area contributed by atoms with Crippen LogP contribution >= 0.6 is 0 Å². The minimum Gasteiger partial charge on any atom is -0.449 e. The number of carbonyl (C=O) groups is 4. The number of Topliss-reactive ketones (excluding diaryl/α,β-unsaturated/α-hetero) is 2. The number of fused-ring (bicyclic) bond motifs is 4. The van der Waals surface area contributed by atoms with Crippen LogP contribution in [0.2, 0.25) is 0 Å². The van der Waals surface area contributed by atoms with Crippen LogP contribution in [0.5, 0.6) is 0 Å². The van der Waals surface area contributed by atoms with Crippen molar-refractivity contribution in [2.45, 2.75) is 37.1 Å². The van der Waals surface area contributed by atoms with Crippen molar-refractivity contribution in [3.63, 3.8) is 0 Å². The highest BCUT2D eigenvalue weighted by molar-refractivity contribution is 6.17. The van der Waals surface area contributed by atoms with Gasteiger partial charge in [0.25, 0.3) is 0 Å². The number of benzene rings is 1. The number of nitrogens with zero attached hydrogens (tertiary/aromatic N) is 2. The molecule has 2 N–H and O–H groups in total. The number of ketones is 2. The number of allylic oxidation sites excluding steroid dienone is 1. The van der Waals surface area contributed by atoms with E-state index in [-0.39, 0.29) is 68.6 Å². The van der Waals surface area contributed by atoms with Crippen LogP contribution in [0.4, 0.5) is 4.79 Å². The van der Waals surface area contributed by atoms with Gasteiger partial charge in [0.15, 0.2) is 11.5 Å². The highest BCUT2D eigenvalue weighted by Gasteiger charge is 2.79. The van der Waals surface area contributed by atoms with E-state index in [0.29, 0.717) is 0 Å². The second kappa shape index (κ2) is 8.87. The van der Waals surface area contributed by atoms with E-state index in [1.807, 2.05) is 30.3 Å². The Morgan fingerprint density at radius 1 is 1.11 bits per heavy atom. The summed E-state index contributed by atoms with van der Waals surface area (Å²) in [5.41, 5.74) is 5.17. The average molecular weight is 528 g/mol. The highest BCUT2D eigenvalue weighted by Crippen LogP contribution is 2.61. The van der Waals surface area contributed by atoms with Crippen molar-refractivity contribution >= 4 is 23.6 Å². The van der Waals surface area contributed by atoms with Crippen LogP contribution < -0.4 is 5.73 Å². The van der Waals surface area contributed by atoms with Crippen LogP contribution in [0.1, 0.15) is 12.5 Å². The Kier molecular flexibility index (Phi) is 5.83. The summed E-state index contributed by atoms with van der Waals surface area (Å²) in [6.45, 7) is 1.79. The first-order valence-electron chi connectivity index (χ1n) is 12.5. The van der Waals surface area contributed by atoms with E-state index in [4.69, 9.17) is 29.4 Å². The van der Waals surface area contributed by atoms with Crippen molar-refractivity contribution in [3.05, 3.63) is 47.2 Å². The number of nitrogens with two attached hydrogens (primary N) is 1. The molecule has 38 heavy (non-hydrogen) atoms. The van der Waals surface area contributed by atoms with E-state index in [9.17, 15) is 19.2 Å². The molecular weight excluding hydrogens is 498 g/mol. The van der Waals surface area contributed by atoms with Gasteiger partial charge in [-0.3, -0.25) is 14.4 Å². The molecule has 0 bridgehead atoms. The highest BCUT2D eigenvalue weighted by atomic mass is 16.7. The Labute approximate surface area is 218 Å². The molecule has 1 aromatic carbocycles. The molecule has 4 aliphatic heterocycles. The number of primary amides is 1. The second-order valence-corrected chi connectivity index (χ2v) is 10.1. The van der Waals surface area contributed by atoms with Gasteiger partial charge in [-0.05, 0) is 5.56 Å². The summed E-state index contributed by atoms with van der Waals surface area (Å²) in [7, 11) is 1.45. The topological polar surface area (TPSA) is 147 Å². The molecular formula is C26H29N3O9.